The maximum Gasteiger partial charge on any atom is 0.120 e. The van der Waals surface area contributed by atoms with Gasteiger partial charge in [0.15, 0.2) is 0 Å². The molecular weight excluding hydrogens is 186 g/mol. The first kappa shape index (κ1) is 11.4. The van der Waals surface area contributed by atoms with Crippen molar-refractivity contribution in [3.63, 3.8) is 0 Å². The van der Waals surface area contributed by atoms with Crippen LogP contribution in [-0.2, 0) is 4.74 Å². The van der Waals surface area contributed by atoms with E-state index in [4.69, 9.17) is 4.74 Å². The molecule has 2 fully saturated rings. The molecule has 2 nitrogen and oxygen atoms in total. The minimum atomic E-state index is -0.00743. The fourth-order valence-corrected chi connectivity index (χ4v) is 3.11. The summed E-state index contributed by atoms with van der Waals surface area (Å²) < 4.78 is 6.05. The van der Waals surface area contributed by atoms with Crippen molar-refractivity contribution in [3.8, 4) is 0 Å². The molecule has 0 bridgehead atoms. The lowest BCUT2D eigenvalue weighted by atomic mass is 9.87. The number of hydrogen-bond donors (Lipinski definition) is 1. The van der Waals surface area contributed by atoms with Crippen LogP contribution in [0, 0.1) is 5.41 Å². The third-order valence-corrected chi connectivity index (χ3v) is 4.31. The number of rotatable bonds is 1. The van der Waals surface area contributed by atoms with Crippen molar-refractivity contribution in [3.05, 3.63) is 0 Å². The van der Waals surface area contributed by atoms with Crippen LogP contribution in [0.25, 0.3) is 0 Å². The van der Waals surface area contributed by atoms with E-state index in [9.17, 15) is 0 Å². The van der Waals surface area contributed by atoms with Gasteiger partial charge in [-0.05, 0) is 44.4 Å². The monoisotopic (exact) mass is 211 g/mol. The van der Waals surface area contributed by atoms with Crippen molar-refractivity contribution >= 4 is 0 Å². The van der Waals surface area contributed by atoms with Crippen LogP contribution in [0.3, 0.4) is 0 Å². The molecule has 1 N–H and O–H groups in total. The topological polar surface area (TPSA) is 21.3 Å². The molecule has 15 heavy (non-hydrogen) atoms. The maximum absolute atomic E-state index is 6.05. The van der Waals surface area contributed by atoms with Gasteiger partial charge in [0.2, 0.25) is 0 Å². The van der Waals surface area contributed by atoms with E-state index in [1.807, 2.05) is 0 Å². The van der Waals surface area contributed by atoms with Gasteiger partial charge < -0.3 is 4.74 Å². The number of ether oxygens (including phenoxy) is 1. The second-order valence-corrected chi connectivity index (χ2v) is 6.47. The van der Waals surface area contributed by atoms with Gasteiger partial charge in [-0.25, -0.2) is 0 Å². The van der Waals surface area contributed by atoms with Crippen LogP contribution in [0.2, 0.25) is 0 Å². The summed E-state index contributed by atoms with van der Waals surface area (Å²) in [5.74, 6) is 0. The summed E-state index contributed by atoms with van der Waals surface area (Å²) in [4.78, 5) is 0. The highest BCUT2D eigenvalue weighted by Gasteiger charge is 2.49. The second kappa shape index (κ2) is 3.46. The lowest BCUT2D eigenvalue weighted by Crippen LogP contribution is -2.61. The van der Waals surface area contributed by atoms with E-state index in [0.717, 1.165) is 19.4 Å². The Labute approximate surface area is 93.8 Å². The molecule has 2 unspecified atom stereocenters. The van der Waals surface area contributed by atoms with Crippen molar-refractivity contribution < 1.29 is 4.74 Å². The van der Waals surface area contributed by atoms with E-state index in [1.54, 1.807) is 0 Å². The summed E-state index contributed by atoms with van der Waals surface area (Å²) in [7, 11) is 0. The number of nitrogens with one attached hydrogen (secondary N) is 1. The highest BCUT2D eigenvalue weighted by atomic mass is 16.5. The van der Waals surface area contributed by atoms with E-state index in [0.29, 0.717) is 11.0 Å². The van der Waals surface area contributed by atoms with Gasteiger partial charge in [0.1, 0.15) is 5.72 Å². The van der Waals surface area contributed by atoms with E-state index >= 15 is 0 Å². The van der Waals surface area contributed by atoms with Crippen molar-refractivity contribution in [2.45, 2.75) is 71.1 Å². The van der Waals surface area contributed by atoms with Gasteiger partial charge in [-0.2, -0.15) is 0 Å². The molecule has 0 amide bonds. The second-order valence-electron chi connectivity index (χ2n) is 6.47. The van der Waals surface area contributed by atoms with Gasteiger partial charge in [-0.1, -0.05) is 20.8 Å². The SMILES string of the molecule is CCC1(C)CCOC2(CCC(C)(C)C2)N1. The third-order valence-electron chi connectivity index (χ3n) is 4.31. The van der Waals surface area contributed by atoms with Crippen LogP contribution in [-0.4, -0.2) is 17.9 Å². The Bertz CT molecular complexity index is 251. The third kappa shape index (κ3) is 2.21. The zero-order valence-electron chi connectivity index (χ0n) is 10.7. The quantitative estimate of drug-likeness (QED) is 0.719. The highest BCUT2D eigenvalue weighted by Crippen LogP contribution is 2.46. The summed E-state index contributed by atoms with van der Waals surface area (Å²) in [6.45, 7) is 10.2. The first-order chi connectivity index (χ1) is 6.89. The molecule has 0 aromatic heterocycles. The zero-order valence-corrected chi connectivity index (χ0v) is 10.7. The molecule has 1 heterocycles. The summed E-state index contributed by atoms with van der Waals surface area (Å²) in [6, 6.07) is 0. The smallest absolute Gasteiger partial charge is 0.120 e. The predicted octanol–water partition coefficient (Wildman–Crippen LogP) is 3.07. The van der Waals surface area contributed by atoms with Crippen LogP contribution in [0.5, 0.6) is 0 Å². The summed E-state index contributed by atoms with van der Waals surface area (Å²) in [6.07, 6.45) is 5.95. The van der Waals surface area contributed by atoms with Gasteiger partial charge in [0.05, 0.1) is 6.61 Å². The van der Waals surface area contributed by atoms with Gasteiger partial charge in [-0.15, -0.1) is 0 Å². The first-order valence-electron chi connectivity index (χ1n) is 6.32. The molecule has 1 saturated carbocycles. The normalized spacial score (nSPS) is 44.8. The fourth-order valence-electron chi connectivity index (χ4n) is 3.11. The Hall–Kier alpha value is -0.0800. The van der Waals surface area contributed by atoms with Crippen molar-refractivity contribution in [1.82, 2.24) is 5.32 Å². The highest BCUT2D eigenvalue weighted by molar-refractivity contribution is 5.00. The van der Waals surface area contributed by atoms with Crippen LogP contribution in [0.1, 0.15) is 59.8 Å². The molecule has 2 rings (SSSR count). The lowest BCUT2D eigenvalue weighted by molar-refractivity contribution is -0.130. The van der Waals surface area contributed by atoms with Crippen LogP contribution < -0.4 is 5.32 Å². The first-order valence-corrected chi connectivity index (χ1v) is 6.32. The van der Waals surface area contributed by atoms with Gasteiger partial charge >= 0.3 is 0 Å². The van der Waals surface area contributed by atoms with Crippen LogP contribution in [0.15, 0.2) is 0 Å². The Morgan fingerprint density at radius 2 is 1.87 bits per heavy atom. The molecule has 88 valence electrons. The van der Waals surface area contributed by atoms with Crippen LogP contribution in [0.4, 0.5) is 0 Å². The van der Waals surface area contributed by atoms with Gasteiger partial charge in [0.25, 0.3) is 0 Å². The van der Waals surface area contributed by atoms with E-state index in [2.05, 4.69) is 33.0 Å². The standard InChI is InChI=1S/C13H25NO/c1-5-12(4)8-9-15-13(14-12)7-6-11(2,3)10-13/h14H,5-10H2,1-4H3. The Kier molecular flexibility index (Phi) is 2.63. The minimum Gasteiger partial charge on any atom is -0.361 e. The minimum absolute atomic E-state index is 0.00743. The maximum atomic E-state index is 6.05. The largest absolute Gasteiger partial charge is 0.361 e. The summed E-state index contributed by atoms with van der Waals surface area (Å²) >= 11 is 0. The Balaban J connectivity index is 2.10. The van der Waals surface area contributed by atoms with E-state index in [-0.39, 0.29) is 5.72 Å². The van der Waals surface area contributed by atoms with E-state index in [1.165, 1.54) is 19.3 Å². The Morgan fingerprint density at radius 3 is 2.40 bits per heavy atom. The molecule has 0 radical (unpaired) electrons. The average molecular weight is 211 g/mol. The molecule has 1 spiro atoms. The molecular formula is C13H25NO. The fraction of sp³-hybridized carbons (Fsp3) is 1.00. The summed E-state index contributed by atoms with van der Waals surface area (Å²) in [5, 5.41) is 3.79. The lowest BCUT2D eigenvalue weighted by Gasteiger charge is -2.46. The van der Waals surface area contributed by atoms with Gasteiger partial charge in [-0.3, -0.25) is 5.32 Å². The Morgan fingerprint density at radius 1 is 1.13 bits per heavy atom. The molecule has 2 atom stereocenters. The van der Waals surface area contributed by atoms with Crippen LogP contribution >= 0.6 is 0 Å². The van der Waals surface area contributed by atoms with Crippen molar-refractivity contribution in [2.24, 2.45) is 5.41 Å². The molecule has 1 aliphatic heterocycles. The molecule has 2 heteroatoms. The zero-order chi connectivity index (χ0) is 11.2. The molecule has 0 aromatic rings. The number of hydrogen-bond acceptors (Lipinski definition) is 2. The molecule has 1 saturated heterocycles. The van der Waals surface area contributed by atoms with Crippen molar-refractivity contribution in [1.29, 1.82) is 0 Å². The average Bonchev–Trinajstić information content (AvgIpc) is 2.42. The molecule has 0 aromatic carbocycles. The molecule has 1 aliphatic carbocycles. The predicted molar refractivity (Wildman–Crippen MR) is 62.8 cm³/mol. The summed E-state index contributed by atoms with van der Waals surface area (Å²) in [5.41, 5.74) is 0.726. The van der Waals surface area contributed by atoms with E-state index < -0.39 is 0 Å². The van der Waals surface area contributed by atoms with Crippen molar-refractivity contribution in [2.75, 3.05) is 6.61 Å². The van der Waals surface area contributed by atoms with Gasteiger partial charge in [0, 0.05) is 5.54 Å². The molecule has 2 aliphatic rings.